The predicted molar refractivity (Wildman–Crippen MR) is 77.7 cm³/mol. The van der Waals surface area contributed by atoms with E-state index in [1.165, 1.54) is 6.34 Å². The quantitative estimate of drug-likeness (QED) is 0.807. The van der Waals surface area contributed by atoms with Gasteiger partial charge in [0.25, 0.3) is 0 Å². The average Bonchev–Trinajstić information content (AvgIpc) is 2.94. The number of fused-ring (bicyclic) bond motifs is 1. The van der Waals surface area contributed by atoms with Crippen molar-refractivity contribution in [1.82, 2.24) is 14.9 Å². The first-order chi connectivity index (χ1) is 10.2. The van der Waals surface area contributed by atoms with Crippen LogP contribution in [0.5, 0.6) is 0 Å². The van der Waals surface area contributed by atoms with Gasteiger partial charge in [0, 0.05) is 5.69 Å². The number of nitrogens with one attached hydrogen (secondary N) is 1. The monoisotopic (exact) mass is 274 g/mol. The zero-order valence-electron chi connectivity index (χ0n) is 11.2. The Balaban J connectivity index is 2.17. The van der Waals surface area contributed by atoms with Gasteiger partial charge in [0.15, 0.2) is 11.4 Å². The number of aromatic nitrogens is 2. The fraction of sp³-hybridized carbons (Fsp3) is 0.0667. The second kappa shape index (κ2) is 4.95. The Morgan fingerprint density at radius 2 is 1.90 bits per heavy atom. The molecule has 2 heterocycles. The van der Waals surface area contributed by atoms with Crippen molar-refractivity contribution in [2.75, 3.05) is 0 Å². The van der Waals surface area contributed by atoms with E-state index in [4.69, 9.17) is 10.5 Å². The van der Waals surface area contributed by atoms with Crippen LogP contribution in [0.2, 0.25) is 0 Å². The third-order valence-corrected chi connectivity index (χ3v) is 3.16. The standard InChI is InChI=1S/C15H10N6/c1-10-2-4-12(5-3-10)21-9-20-14-13(11(6-16)7-17)18-8-19-15(14)21/h2-5,8-9H,1H3,(H,18,19). The maximum atomic E-state index is 9.01. The molecule has 0 spiro atoms. The highest BCUT2D eigenvalue weighted by molar-refractivity contribution is 5.88. The van der Waals surface area contributed by atoms with Crippen LogP contribution in [-0.4, -0.2) is 15.9 Å². The second-order valence-corrected chi connectivity index (χ2v) is 4.50. The van der Waals surface area contributed by atoms with Gasteiger partial charge in [0.1, 0.15) is 24.2 Å². The van der Waals surface area contributed by atoms with Crippen LogP contribution in [-0.2, 0) is 0 Å². The number of allylic oxidation sites excluding steroid dienone is 1. The largest absolute Gasteiger partial charge is 0.343 e. The Hall–Kier alpha value is -3.38. The highest BCUT2D eigenvalue weighted by Gasteiger charge is 2.21. The summed E-state index contributed by atoms with van der Waals surface area (Å²) in [5, 5.41) is 20.8. The van der Waals surface area contributed by atoms with Crippen LogP contribution in [0.1, 0.15) is 11.3 Å². The molecule has 1 aromatic carbocycles. The van der Waals surface area contributed by atoms with Crippen LogP contribution >= 0.6 is 0 Å². The first-order valence-corrected chi connectivity index (χ1v) is 6.23. The van der Waals surface area contributed by atoms with Gasteiger partial charge in [-0.05, 0) is 19.1 Å². The molecule has 1 N–H and O–H groups in total. The van der Waals surface area contributed by atoms with Gasteiger partial charge in [-0.15, -0.1) is 0 Å². The zero-order valence-corrected chi connectivity index (χ0v) is 11.2. The summed E-state index contributed by atoms with van der Waals surface area (Å²) in [7, 11) is 0. The number of nitrogens with zero attached hydrogens (tertiary/aromatic N) is 5. The number of hydrogen-bond donors (Lipinski definition) is 1. The molecular weight excluding hydrogens is 264 g/mol. The Morgan fingerprint density at radius 3 is 2.57 bits per heavy atom. The molecule has 0 radical (unpaired) electrons. The summed E-state index contributed by atoms with van der Waals surface area (Å²) in [5.74, 6) is 0.593. The third-order valence-electron chi connectivity index (χ3n) is 3.16. The molecule has 1 aromatic heterocycles. The Labute approximate surface area is 121 Å². The van der Waals surface area contributed by atoms with Crippen LogP contribution in [0.4, 0.5) is 5.82 Å². The van der Waals surface area contributed by atoms with Crippen LogP contribution in [0, 0.1) is 29.6 Å². The van der Waals surface area contributed by atoms with Crippen LogP contribution < -0.4 is 5.32 Å². The Bertz CT molecular complexity index is 824. The molecule has 1 aliphatic heterocycles. The van der Waals surface area contributed by atoms with Crippen molar-refractivity contribution < 1.29 is 0 Å². The van der Waals surface area contributed by atoms with E-state index in [-0.39, 0.29) is 5.57 Å². The predicted octanol–water partition coefficient (Wildman–Crippen LogP) is 2.20. The molecule has 0 amide bonds. The molecular formula is C15H10N6. The molecule has 0 unspecified atom stereocenters. The molecule has 1 aliphatic rings. The summed E-state index contributed by atoms with van der Waals surface area (Å²) < 4.78 is 1.82. The molecule has 21 heavy (non-hydrogen) atoms. The second-order valence-electron chi connectivity index (χ2n) is 4.50. The fourth-order valence-electron chi connectivity index (χ4n) is 2.09. The molecule has 0 aliphatic carbocycles. The minimum Gasteiger partial charge on any atom is -0.343 e. The average molecular weight is 274 g/mol. The number of benzene rings is 1. The van der Waals surface area contributed by atoms with E-state index < -0.39 is 0 Å². The van der Waals surface area contributed by atoms with Crippen molar-refractivity contribution in [2.45, 2.75) is 6.92 Å². The Kier molecular flexibility index (Phi) is 2.98. The van der Waals surface area contributed by atoms with E-state index in [2.05, 4.69) is 15.3 Å². The van der Waals surface area contributed by atoms with E-state index >= 15 is 0 Å². The van der Waals surface area contributed by atoms with Crippen LogP contribution in [0.15, 0.2) is 41.2 Å². The van der Waals surface area contributed by atoms with E-state index in [1.54, 1.807) is 6.33 Å². The van der Waals surface area contributed by atoms with Gasteiger partial charge in [-0.2, -0.15) is 10.5 Å². The lowest BCUT2D eigenvalue weighted by molar-refractivity contribution is 1.04. The summed E-state index contributed by atoms with van der Waals surface area (Å²) >= 11 is 0. The topological polar surface area (TPSA) is 89.8 Å². The molecule has 6 heteroatoms. The van der Waals surface area contributed by atoms with Crippen molar-refractivity contribution in [3.63, 3.8) is 0 Å². The molecule has 0 fully saturated rings. The number of aryl methyl sites for hydroxylation is 1. The van der Waals surface area contributed by atoms with Crippen LogP contribution in [0.25, 0.3) is 11.4 Å². The van der Waals surface area contributed by atoms with Gasteiger partial charge < -0.3 is 5.32 Å². The van der Waals surface area contributed by atoms with Crippen molar-refractivity contribution in [1.29, 1.82) is 10.5 Å². The van der Waals surface area contributed by atoms with Crippen molar-refractivity contribution >= 4 is 17.9 Å². The lowest BCUT2D eigenvalue weighted by atomic mass is 10.1. The van der Waals surface area contributed by atoms with Crippen molar-refractivity contribution in [2.24, 2.45) is 4.99 Å². The molecule has 100 valence electrons. The molecule has 0 atom stereocenters. The summed E-state index contributed by atoms with van der Waals surface area (Å²) in [6, 6.07) is 11.7. The SMILES string of the molecule is Cc1ccc(-n2cnc3c2N=CNC3=C(C#N)C#N)cc1. The first-order valence-electron chi connectivity index (χ1n) is 6.23. The van der Waals surface area contributed by atoms with Crippen molar-refractivity contribution in [3.05, 3.63) is 47.4 Å². The molecule has 2 aromatic rings. The number of hydrogen-bond acceptors (Lipinski definition) is 5. The minimum absolute atomic E-state index is 0.0171. The van der Waals surface area contributed by atoms with E-state index in [0.29, 0.717) is 17.2 Å². The highest BCUT2D eigenvalue weighted by atomic mass is 15.2. The lowest BCUT2D eigenvalue weighted by Crippen LogP contribution is -2.15. The van der Waals surface area contributed by atoms with Gasteiger partial charge in [0.05, 0.1) is 12.0 Å². The number of nitriles is 2. The first kappa shape index (κ1) is 12.6. The molecule has 0 saturated heterocycles. The minimum atomic E-state index is -0.0171. The number of imidazole rings is 1. The molecule has 6 nitrogen and oxygen atoms in total. The maximum absolute atomic E-state index is 9.01. The fourth-order valence-corrected chi connectivity index (χ4v) is 2.09. The van der Waals surface area contributed by atoms with E-state index in [9.17, 15) is 0 Å². The Morgan fingerprint density at radius 1 is 1.19 bits per heavy atom. The van der Waals surface area contributed by atoms with Gasteiger partial charge in [-0.3, -0.25) is 4.57 Å². The van der Waals surface area contributed by atoms with E-state index in [1.807, 2.05) is 47.9 Å². The van der Waals surface area contributed by atoms with Gasteiger partial charge in [-0.1, -0.05) is 17.7 Å². The summed E-state index contributed by atoms with van der Waals surface area (Å²) in [6.45, 7) is 2.02. The van der Waals surface area contributed by atoms with Gasteiger partial charge >= 0.3 is 0 Å². The summed E-state index contributed by atoms with van der Waals surface area (Å²) in [4.78, 5) is 8.54. The molecule has 0 saturated carbocycles. The number of rotatable bonds is 1. The van der Waals surface area contributed by atoms with E-state index in [0.717, 1.165) is 11.3 Å². The highest BCUT2D eigenvalue weighted by Crippen LogP contribution is 2.30. The van der Waals surface area contributed by atoms with Gasteiger partial charge in [-0.25, -0.2) is 9.98 Å². The van der Waals surface area contributed by atoms with Crippen LogP contribution in [0.3, 0.4) is 0 Å². The zero-order chi connectivity index (χ0) is 14.8. The summed E-state index contributed by atoms with van der Waals surface area (Å²) in [6.07, 6.45) is 3.09. The van der Waals surface area contributed by atoms with Gasteiger partial charge in [0.2, 0.25) is 0 Å². The number of aliphatic imine (C=N–C) groups is 1. The molecule has 0 bridgehead atoms. The molecule has 3 rings (SSSR count). The third kappa shape index (κ3) is 2.05. The maximum Gasteiger partial charge on any atom is 0.168 e. The lowest BCUT2D eigenvalue weighted by Gasteiger charge is -2.12. The van der Waals surface area contributed by atoms with Crippen molar-refractivity contribution in [3.8, 4) is 17.8 Å². The summed E-state index contributed by atoms with van der Waals surface area (Å²) in [5.41, 5.74) is 2.95. The smallest absolute Gasteiger partial charge is 0.168 e. The normalized spacial score (nSPS) is 12.0.